The Labute approximate surface area is 121 Å². The van der Waals surface area contributed by atoms with E-state index in [1.54, 1.807) is 11.8 Å². The molecule has 4 N–H and O–H groups in total. The number of rotatable bonds is 9. The van der Waals surface area contributed by atoms with Crippen LogP contribution in [-0.4, -0.2) is 42.2 Å². The molecule has 0 aliphatic carbocycles. The molecule has 4 nitrogen and oxygen atoms in total. The molecular formula is C12H27ClN2O2S. The van der Waals surface area contributed by atoms with Crippen LogP contribution in [0.3, 0.4) is 0 Å². The molecule has 1 amide bonds. The van der Waals surface area contributed by atoms with E-state index in [2.05, 4.69) is 5.32 Å². The highest BCUT2D eigenvalue weighted by Gasteiger charge is 2.16. The van der Waals surface area contributed by atoms with E-state index in [0.29, 0.717) is 6.54 Å². The molecule has 6 heteroatoms. The number of aliphatic hydroxyl groups excluding tert-OH is 1. The Hall–Kier alpha value is 0.0300. The molecule has 0 spiro atoms. The lowest BCUT2D eigenvalue weighted by molar-refractivity contribution is -0.122. The van der Waals surface area contributed by atoms with Gasteiger partial charge in [0, 0.05) is 13.2 Å². The summed E-state index contributed by atoms with van der Waals surface area (Å²) in [7, 11) is 0. The first kappa shape index (κ1) is 20.3. The Morgan fingerprint density at radius 1 is 1.50 bits per heavy atom. The Morgan fingerprint density at radius 3 is 2.61 bits per heavy atom. The third-order valence-electron chi connectivity index (χ3n) is 2.73. The van der Waals surface area contributed by atoms with E-state index in [1.165, 1.54) is 0 Å². The minimum atomic E-state index is -0.395. The molecule has 0 radical (unpaired) electrons. The molecule has 0 bridgehead atoms. The minimum Gasteiger partial charge on any atom is -0.396 e. The van der Waals surface area contributed by atoms with Crippen molar-refractivity contribution >= 4 is 30.1 Å². The van der Waals surface area contributed by atoms with Gasteiger partial charge in [0.2, 0.25) is 5.91 Å². The van der Waals surface area contributed by atoms with Gasteiger partial charge in [-0.25, -0.2) is 0 Å². The van der Waals surface area contributed by atoms with E-state index in [1.807, 2.05) is 20.1 Å². The Morgan fingerprint density at radius 2 is 2.11 bits per heavy atom. The van der Waals surface area contributed by atoms with Crippen molar-refractivity contribution in [2.75, 3.05) is 25.2 Å². The van der Waals surface area contributed by atoms with Crippen molar-refractivity contribution in [3.63, 3.8) is 0 Å². The van der Waals surface area contributed by atoms with Crippen molar-refractivity contribution in [3.8, 4) is 0 Å². The number of thioether (sulfide) groups is 1. The summed E-state index contributed by atoms with van der Waals surface area (Å²) in [5.41, 5.74) is 5.67. The second-order valence-electron chi connectivity index (χ2n) is 5.10. The molecule has 0 heterocycles. The van der Waals surface area contributed by atoms with Crippen LogP contribution in [0.25, 0.3) is 0 Å². The number of carbonyl (C=O) groups excluding carboxylic acids is 1. The van der Waals surface area contributed by atoms with Crippen molar-refractivity contribution in [1.82, 2.24) is 5.32 Å². The van der Waals surface area contributed by atoms with Gasteiger partial charge >= 0.3 is 0 Å². The zero-order valence-corrected chi connectivity index (χ0v) is 13.2. The van der Waals surface area contributed by atoms with Crippen LogP contribution in [0.2, 0.25) is 0 Å². The van der Waals surface area contributed by atoms with Crippen LogP contribution in [-0.2, 0) is 4.79 Å². The predicted octanol–water partition coefficient (Wildman–Crippen LogP) is 1.40. The molecule has 0 saturated heterocycles. The summed E-state index contributed by atoms with van der Waals surface area (Å²) in [4.78, 5) is 11.5. The number of halogens is 1. The molecule has 0 saturated carbocycles. The van der Waals surface area contributed by atoms with Crippen molar-refractivity contribution in [1.29, 1.82) is 0 Å². The summed E-state index contributed by atoms with van der Waals surface area (Å²) in [5, 5.41) is 11.9. The standard InChI is InChI=1S/C12H26N2O2S.ClH/c1-12(2,9-15)6-4-7-14-11(16)10(13)5-8-17-3;/h10,15H,4-9,13H2,1-3H3,(H,14,16);1H. The van der Waals surface area contributed by atoms with Crippen LogP contribution in [0.15, 0.2) is 0 Å². The molecule has 110 valence electrons. The average molecular weight is 299 g/mol. The van der Waals surface area contributed by atoms with Gasteiger partial charge in [0.1, 0.15) is 0 Å². The fraction of sp³-hybridized carbons (Fsp3) is 0.917. The van der Waals surface area contributed by atoms with Crippen molar-refractivity contribution < 1.29 is 9.90 Å². The van der Waals surface area contributed by atoms with E-state index in [-0.39, 0.29) is 30.3 Å². The molecule has 0 fully saturated rings. The summed E-state index contributed by atoms with van der Waals surface area (Å²) in [6, 6.07) is -0.395. The lowest BCUT2D eigenvalue weighted by Crippen LogP contribution is -2.41. The van der Waals surface area contributed by atoms with E-state index >= 15 is 0 Å². The molecular weight excluding hydrogens is 272 g/mol. The molecule has 0 rings (SSSR count). The van der Waals surface area contributed by atoms with E-state index < -0.39 is 6.04 Å². The second kappa shape index (κ2) is 10.9. The van der Waals surface area contributed by atoms with Gasteiger partial charge in [0.05, 0.1) is 6.04 Å². The monoisotopic (exact) mass is 298 g/mol. The van der Waals surface area contributed by atoms with Crippen LogP contribution in [0.4, 0.5) is 0 Å². The molecule has 1 atom stereocenters. The Bertz CT molecular complexity index is 228. The highest BCUT2D eigenvalue weighted by molar-refractivity contribution is 7.98. The second-order valence-corrected chi connectivity index (χ2v) is 6.09. The number of aliphatic hydroxyl groups is 1. The predicted molar refractivity (Wildman–Crippen MR) is 81.3 cm³/mol. The first-order chi connectivity index (χ1) is 7.93. The summed E-state index contributed by atoms with van der Waals surface area (Å²) in [6.07, 6.45) is 4.48. The third-order valence-corrected chi connectivity index (χ3v) is 3.37. The molecule has 0 aliphatic rings. The molecule has 0 aromatic carbocycles. The van der Waals surface area contributed by atoms with Crippen molar-refractivity contribution in [2.24, 2.45) is 11.1 Å². The number of carbonyl (C=O) groups is 1. The van der Waals surface area contributed by atoms with Gasteiger partial charge < -0.3 is 16.2 Å². The average Bonchev–Trinajstić information content (AvgIpc) is 2.31. The topological polar surface area (TPSA) is 75.4 Å². The van der Waals surface area contributed by atoms with Gasteiger partial charge in [-0.1, -0.05) is 13.8 Å². The van der Waals surface area contributed by atoms with E-state index in [0.717, 1.165) is 25.0 Å². The lowest BCUT2D eigenvalue weighted by Gasteiger charge is -2.21. The molecule has 0 aromatic heterocycles. The van der Waals surface area contributed by atoms with Gasteiger partial charge in [-0.05, 0) is 36.7 Å². The highest BCUT2D eigenvalue weighted by atomic mass is 35.5. The Balaban J connectivity index is 0. The van der Waals surface area contributed by atoms with E-state index in [9.17, 15) is 4.79 Å². The normalized spacial score (nSPS) is 12.7. The summed E-state index contributed by atoms with van der Waals surface area (Å²) >= 11 is 1.69. The van der Waals surface area contributed by atoms with E-state index in [4.69, 9.17) is 10.8 Å². The first-order valence-corrected chi connectivity index (χ1v) is 7.45. The van der Waals surface area contributed by atoms with Crippen LogP contribution in [0, 0.1) is 5.41 Å². The zero-order chi connectivity index (χ0) is 13.3. The quantitative estimate of drug-likeness (QED) is 0.563. The summed E-state index contributed by atoms with van der Waals surface area (Å²) < 4.78 is 0. The minimum absolute atomic E-state index is 0. The summed E-state index contributed by atoms with van der Waals surface area (Å²) in [5.74, 6) is 0.840. The maximum Gasteiger partial charge on any atom is 0.236 e. The van der Waals surface area contributed by atoms with Gasteiger partial charge in [0.25, 0.3) is 0 Å². The fourth-order valence-electron chi connectivity index (χ4n) is 1.36. The maximum absolute atomic E-state index is 11.5. The van der Waals surface area contributed by atoms with Crippen LogP contribution in [0.5, 0.6) is 0 Å². The highest BCUT2D eigenvalue weighted by Crippen LogP contribution is 2.20. The van der Waals surface area contributed by atoms with Crippen LogP contribution >= 0.6 is 24.2 Å². The maximum atomic E-state index is 11.5. The molecule has 18 heavy (non-hydrogen) atoms. The molecule has 0 aromatic rings. The smallest absolute Gasteiger partial charge is 0.236 e. The number of hydrogen-bond donors (Lipinski definition) is 3. The number of nitrogens with two attached hydrogens (primary N) is 1. The van der Waals surface area contributed by atoms with Crippen molar-refractivity contribution in [3.05, 3.63) is 0 Å². The molecule has 1 unspecified atom stereocenters. The lowest BCUT2D eigenvalue weighted by atomic mass is 9.89. The third kappa shape index (κ3) is 10.00. The van der Waals surface area contributed by atoms with Crippen LogP contribution in [0.1, 0.15) is 33.1 Å². The van der Waals surface area contributed by atoms with Crippen molar-refractivity contribution in [2.45, 2.75) is 39.2 Å². The van der Waals surface area contributed by atoms with Gasteiger partial charge in [0.15, 0.2) is 0 Å². The largest absolute Gasteiger partial charge is 0.396 e. The fourth-order valence-corrected chi connectivity index (χ4v) is 1.85. The van der Waals surface area contributed by atoms with Crippen LogP contribution < -0.4 is 11.1 Å². The Kier molecular flexibility index (Phi) is 12.3. The number of hydrogen-bond acceptors (Lipinski definition) is 4. The van der Waals surface area contributed by atoms with Gasteiger partial charge in [-0.2, -0.15) is 11.8 Å². The number of nitrogens with one attached hydrogen (secondary N) is 1. The zero-order valence-electron chi connectivity index (χ0n) is 11.6. The van der Waals surface area contributed by atoms with Gasteiger partial charge in [-0.15, -0.1) is 12.4 Å². The SMILES string of the molecule is CSCCC(N)C(=O)NCCCC(C)(C)CO.Cl. The summed E-state index contributed by atoms with van der Waals surface area (Å²) in [6.45, 7) is 4.83. The van der Waals surface area contributed by atoms with Gasteiger partial charge in [-0.3, -0.25) is 4.79 Å². The first-order valence-electron chi connectivity index (χ1n) is 6.06. The molecule has 0 aliphatic heterocycles. The number of amides is 1.